The molecule has 1 aromatic heterocycles. The molecule has 7 nitrogen and oxygen atoms in total. The molecule has 1 saturated heterocycles. The van der Waals surface area contributed by atoms with E-state index in [9.17, 15) is 9.59 Å². The van der Waals surface area contributed by atoms with Gasteiger partial charge in [-0.05, 0) is 46.2 Å². The van der Waals surface area contributed by atoms with Crippen LogP contribution in [0.15, 0.2) is 18.2 Å². The highest BCUT2D eigenvalue weighted by molar-refractivity contribution is 5.87. The molecular weight excluding hydrogens is 322 g/mol. The first-order valence-corrected chi connectivity index (χ1v) is 8.51. The third-order valence-corrected chi connectivity index (χ3v) is 3.92. The number of hydrogen-bond donors (Lipinski definition) is 0. The van der Waals surface area contributed by atoms with Crippen LogP contribution in [0, 0.1) is 0 Å². The van der Waals surface area contributed by atoms with Crippen LogP contribution in [-0.2, 0) is 9.47 Å². The Balaban J connectivity index is 2.12. The monoisotopic (exact) mass is 349 g/mol. The normalized spacial score (nSPS) is 18.5. The van der Waals surface area contributed by atoms with Gasteiger partial charge in [0.05, 0.1) is 7.11 Å². The van der Waals surface area contributed by atoms with E-state index in [0.29, 0.717) is 18.9 Å². The van der Waals surface area contributed by atoms with Crippen molar-refractivity contribution < 1.29 is 19.1 Å². The predicted molar refractivity (Wildman–Crippen MR) is 94.8 cm³/mol. The molecule has 1 fully saturated rings. The van der Waals surface area contributed by atoms with Gasteiger partial charge < -0.3 is 19.3 Å². The Hall–Kier alpha value is -2.31. The number of methoxy groups -OCH3 is 1. The minimum atomic E-state index is -0.511. The van der Waals surface area contributed by atoms with Crippen LogP contribution in [-0.4, -0.2) is 60.3 Å². The number of ether oxygens (including phenoxy) is 2. The molecule has 0 bridgehead atoms. The van der Waals surface area contributed by atoms with Crippen LogP contribution in [0.2, 0.25) is 0 Å². The highest BCUT2D eigenvalue weighted by Crippen LogP contribution is 2.20. The maximum atomic E-state index is 12.3. The van der Waals surface area contributed by atoms with E-state index < -0.39 is 11.6 Å². The third kappa shape index (κ3) is 5.08. The van der Waals surface area contributed by atoms with Crippen molar-refractivity contribution in [2.45, 2.75) is 45.8 Å². The van der Waals surface area contributed by atoms with Crippen LogP contribution in [0.1, 0.15) is 44.6 Å². The number of rotatable bonds is 2. The fraction of sp³-hybridized carbons (Fsp3) is 0.611. The number of carbonyl (C=O) groups excluding carboxylic acids is 2. The van der Waals surface area contributed by atoms with Gasteiger partial charge in [-0.3, -0.25) is 0 Å². The lowest BCUT2D eigenvalue weighted by atomic mass is 10.2. The number of anilines is 1. The highest BCUT2D eigenvalue weighted by Gasteiger charge is 2.28. The Bertz CT molecular complexity index is 627. The lowest BCUT2D eigenvalue weighted by Crippen LogP contribution is -2.43. The maximum Gasteiger partial charge on any atom is 0.410 e. The SMILES string of the molecule is COC(=O)c1cccc(N2CCCN(C(=O)OC(C)(C)C)C[C@@H]2C)n1. The van der Waals surface area contributed by atoms with Gasteiger partial charge in [0, 0.05) is 25.7 Å². The summed E-state index contributed by atoms with van der Waals surface area (Å²) in [6, 6.07) is 5.34. The van der Waals surface area contributed by atoms with Crippen molar-refractivity contribution in [1.82, 2.24) is 9.88 Å². The zero-order valence-electron chi connectivity index (χ0n) is 15.6. The second-order valence-electron chi connectivity index (χ2n) is 7.19. The molecule has 0 radical (unpaired) electrons. The Morgan fingerprint density at radius 3 is 2.60 bits per heavy atom. The summed E-state index contributed by atoms with van der Waals surface area (Å²) in [5, 5.41) is 0. The van der Waals surface area contributed by atoms with Crippen molar-refractivity contribution in [3.8, 4) is 0 Å². The molecule has 0 spiro atoms. The maximum absolute atomic E-state index is 12.3. The number of hydrogen-bond acceptors (Lipinski definition) is 6. The summed E-state index contributed by atoms with van der Waals surface area (Å²) >= 11 is 0. The van der Waals surface area contributed by atoms with E-state index in [1.807, 2.05) is 33.8 Å². The van der Waals surface area contributed by atoms with Crippen LogP contribution in [0.4, 0.5) is 10.6 Å². The summed E-state index contributed by atoms with van der Waals surface area (Å²) < 4.78 is 10.2. The van der Waals surface area contributed by atoms with Crippen LogP contribution in [0.5, 0.6) is 0 Å². The zero-order chi connectivity index (χ0) is 18.6. The van der Waals surface area contributed by atoms with Gasteiger partial charge in [-0.2, -0.15) is 0 Å². The minimum Gasteiger partial charge on any atom is -0.464 e. The molecule has 1 atom stereocenters. The molecule has 1 aromatic rings. The molecule has 0 unspecified atom stereocenters. The van der Waals surface area contributed by atoms with Crippen LogP contribution >= 0.6 is 0 Å². The van der Waals surface area contributed by atoms with Gasteiger partial charge in [0.1, 0.15) is 11.4 Å². The Morgan fingerprint density at radius 1 is 1.24 bits per heavy atom. The van der Waals surface area contributed by atoms with E-state index in [1.165, 1.54) is 7.11 Å². The highest BCUT2D eigenvalue weighted by atomic mass is 16.6. The smallest absolute Gasteiger partial charge is 0.410 e. The molecule has 0 aromatic carbocycles. The number of nitrogens with zero attached hydrogens (tertiary/aromatic N) is 3. The van der Waals surface area contributed by atoms with Gasteiger partial charge >= 0.3 is 12.1 Å². The second kappa shape index (κ2) is 7.72. The molecule has 0 saturated carbocycles. The average molecular weight is 349 g/mol. The molecule has 2 rings (SSSR count). The molecule has 1 aliphatic heterocycles. The largest absolute Gasteiger partial charge is 0.464 e. The summed E-state index contributed by atoms with van der Waals surface area (Å²) in [6.07, 6.45) is 0.505. The summed E-state index contributed by atoms with van der Waals surface area (Å²) in [4.78, 5) is 32.3. The number of pyridine rings is 1. The Kier molecular flexibility index (Phi) is 5.87. The fourth-order valence-corrected chi connectivity index (χ4v) is 2.80. The Labute approximate surface area is 148 Å². The minimum absolute atomic E-state index is 0.0513. The Morgan fingerprint density at radius 2 is 1.96 bits per heavy atom. The lowest BCUT2D eigenvalue weighted by Gasteiger charge is -2.31. The summed E-state index contributed by atoms with van der Waals surface area (Å²) in [5.74, 6) is 0.251. The van der Waals surface area contributed by atoms with Gasteiger partial charge in [0.15, 0.2) is 5.69 Å². The molecular formula is C18H27N3O4. The molecule has 138 valence electrons. The second-order valence-corrected chi connectivity index (χ2v) is 7.19. The van der Waals surface area contributed by atoms with E-state index in [1.54, 1.807) is 17.0 Å². The van der Waals surface area contributed by atoms with Gasteiger partial charge in [0.2, 0.25) is 0 Å². The standard InChI is InChI=1S/C18H27N3O4/c1-13-12-20(17(23)25-18(2,3)4)10-7-11-21(13)15-9-6-8-14(19-15)16(22)24-5/h6,8-9,13H,7,10-12H2,1-5H3/t13-/m0/s1. The molecule has 25 heavy (non-hydrogen) atoms. The summed E-state index contributed by atoms with van der Waals surface area (Å²) in [6.45, 7) is 9.54. The molecule has 1 amide bonds. The summed E-state index contributed by atoms with van der Waals surface area (Å²) in [7, 11) is 1.34. The molecule has 2 heterocycles. The average Bonchev–Trinajstić information content (AvgIpc) is 2.74. The molecule has 0 N–H and O–H groups in total. The van der Waals surface area contributed by atoms with Gasteiger partial charge in [-0.25, -0.2) is 14.6 Å². The first kappa shape index (κ1) is 19.0. The number of esters is 1. The van der Waals surface area contributed by atoms with E-state index in [4.69, 9.17) is 9.47 Å². The first-order valence-electron chi connectivity index (χ1n) is 8.51. The lowest BCUT2D eigenvalue weighted by molar-refractivity contribution is 0.0251. The van der Waals surface area contributed by atoms with Crippen molar-refractivity contribution >= 4 is 17.9 Å². The zero-order valence-corrected chi connectivity index (χ0v) is 15.6. The number of carbonyl (C=O) groups is 2. The van der Waals surface area contributed by atoms with E-state index in [0.717, 1.165) is 13.0 Å². The number of amides is 1. The predicted octanol–water partition coefficient (Wildman–Crippen LogP) is 2.70. The van der Waals surface area contributed by atoms with Gasteiger partial charge in [0.25, 0.3) is 0 Å². The fourth-order valence-electron chi connectivity index (χ4n) is 2.80. The topological polar surface area (TPSA) is 72.0 Å². The van der Waals surface area contributed by atoms with Crippen molar-refractivity contribution in [3.05, 3.63) is 23.9 Å². The van der Waals surface area contributed by atoms with Crippen LogP contribution in [0.3, 0.4) is 0 Å². The van der Waals surface area contributed by atoms with Gasteiger partial charge in [-0.1, -0.05) is 6.07 Å². The molecule has 7 heteroatoms. The van der Waals surface area contributed by atoms with Crippen molar-refractivity contribution in [2.75, 3.05) is 31.6 Å². The van der Waals surface area contributed by atoms with Crippen LogP contribution in [0.25, 0.3) is 0 Å². The van der Waals surface area contributed by atoms with Crippen LogP contribution < -0.4 is 4.90 Å². The summed E-state index contributed by atoms with van der Waals surface area (Å²) in [5.41, 5.74) is -0.233. The van der Waals surface area contributed by atoms with E-state index >= 15 is 0 Å². The van der Waals surface area contributed by atoms with Gasteiger partial charge in [-0.15, -0.1) is 0 Å². The van der Waals surface area contributed by atoms with E-state index in [2.05, 4.69) is 9.88 Å². The third-order valence-electron chi connectivity index (χ3n) is 3.92. The first-order chi connectivity index (χ1) is 11.7. The van der Waals surface area contributed by atoms with Crippen molar-refractivity contribution in [3.63, 3.8) is 0 Å². The van der Waals surface area contributed by atoms with Crippen molar-refractivity contribution in [1.29, 1.82) is 0 Å². The molecule has 1 aliphatic rings. The molecule has 0 aliphatic carbocycles. The van der Waals surface area contributed by atoms with E-state index in [-0.39, 0.29) is 17.8 Å². The quantitative estimate of drug-likeness (QED) is 0.765. The number of aromatic nitrogens is 1. The van der Waals surface area contributed by atoms with Crippen molar-refractivity contribution in [2.24, 2.45) is 0 Å².